The summed E-state index contributed by atoms with van der Waals surface area (Å²) < 4.78 is 5.94. The number of ether oxygens (including phenoxy) is 1. The minimum absolute atomic E-state index is 0.191. The van der Waals surface area contributed by atoms with E-state index in [0.29, 0.717) is 17.7 Å². The highest BCUT2D eigenvalue weighted by molar-refractivity contribution is 5.93. The van der Waals surface area contributed by atoms with Crippen molar-refractivity contribution >= 4 is 17.6 Å². The van der Waals surface area contributed by atoms with Gasteiger partial charge in [0.25, 0.3) is 5.56 Å². The van der Waals surface area contributed by atoms with E-state index in [-0.39, 0.29) is 18.0 Å². The summed E-state index contributed by atoms with van der Waals surface area (Å²) in [6, 6.07) is 14.4. The lowest BCUT2D eigenvalue weighted by Crippen LogP contribution is -2.34. The fraction of sp³-hybridized carbons (Fsp3) is 0.280. The third-order valence-corrected chi connectivity index (χ3v) is 5.68. The van der Waals surface area contributed by atoms with Gasteiger partial charge in [0.2, 0.25) is 5.91 Å². The largest absolute Gasteiger partial charge is 0.465 e. The number of anilines is 1. The molecule has 1 aliphatic rings. The van der Waals surface area contributed by atoms with Crippen LogP contribution in [0.5, 0.6) is 0 Å². The lowest BCUT2D eigenvalue weighted by Gasteiger charge is -2.20. The summed E-state index contributed by atoms with van der Waals surface area (Å²) in [5.74, 6) is -0.813. The number of benzene rings is 2. The average molecular weight is 431 g/mol. The first kappa shape index (κ1) is 21.5. The minimum Gasteiger partial charge on any atom is -0.465 e. The number of hydrogen-bond acceptors (Lipinski definition) is 5. The summed E-state index contributed by atoms with van der Waals surface area (Å²) in [7, 11) is 1.31. The van der Waals surface area contributed by atoms with Crippen LogP contribution in [-0.2, 0) is 28.9 Å². The van der Waals surface area contributed by atoms with Crippen molar-refractivity contribution in [2.24, 2.45) is 0 Å². The minimum atomic E-state index is -0.448. The number of amides is 1. The smallest absolute Gasteiger partial charge is 0.337 e. The van der Waals surface area contributed by atoms with Crippen molar-refractivity contribution in [3.05, 3.63) is 81.1 Å². The molecule has 7 nitrogen and oxygen atoms in total. The number of rotatable bonds is 5. The number of carbonyl (C=O) groups excluding carboxylic acids is 2. The Labute approximate surface area is 186 Å². The van der Waals surface area contributed by atoms with Crippen molar-refractivity contribution in [3.63, 3.8) is 0 Å². The topological polar surface area (TPSA) is 90.3 Å². The first-order valence-electron chi connectivity index (χ1n) is 10.6. The molecule has 0 radical (unpaired) electrons. The van der Waals surface area contributed by atoms with E-state index in [0.717, 1.165) is 47.2 Å². The Kier molecular flexibility index (Phi) is 6.16. The third-order valence-electron chi connectivity index (χ3n) is 5.68. The van der Waals surface area contributed by atoms with Gasteiger partial charge in [-0.25, -0.2) is 9.48 Å². The molecule has 0 atom stereocenters. The highest BCUT2D eigenvalue weighted by Gasteiger charge is 2.22. The summed E-state index contributed by atoms with van der Waals surface area (Å²) in [6.45, 7) is 1.83. The molecule has 164 valence electrons. The Hall–Kier alpha value is -3.74. The number of carbonyl (C=O) groups is 2. The molecule has 1 N–H and O–H groups in total. The monoisotopic (exact) mass is 431 g/mol. The van der Waals surface area contributed by atoms with E-state index >= 15 is 0 Å². The Morgan fingerprint density at radius 3 is 2.31 bits per heavy atom. The lowest BCUT2D eigenvalue weighted by atomic mass is 9.89. The summed E-state index contributed by atoms with van der Waals surface area (Å²) >= 11 is 0. The number of hydrogen-bond donors (Lipinski definition) is 1. The fourth-order valence-electron chi connectivity index (χ4n) is 3.98. The van der Waals surface area contributed by atoms with E-state index < -0.39 is 5.97 Å². The van der Waals surface area contributed by atoms with Gasteiger partial charge in [0, 0.05) is 16.8 Å². The van der Waals surface area contributed by atoms with Crippen LogP contribution in [0.15, 0.2) is 53.3 Å². The molecule has 1 heterocycles. The van der Waals surface area contributed by atoms with Gasteiger partial charge < -0.3 is 10.1 Å². The van der Waals surface area contributed by atoms with Gasteiger partial charge in [0.15, 0.2) is 0 Å². The van der Waals surface area contributed by atoms with Crippen LogP contribution in [0, 0.1) is 6.92 Å². The van der Waals surface area contributed by atoms with E-state index in [1.165, 1.54) is 11.8 Å². The van der Waals surface area contributed by atoms with E-state index in [1.54, 1.807) is 24.3 Å². The predicted molar refractivity (Wildman–Crippen MR) is 122 cm³/mol. The standard InChI is InChI=1S/C25H25N3O4/c1-16-7-9-17(10-8-16)23-20-5-3-4-6-21(20)24(30)28(27-23)15-22(29)26-19-13-11-18(12-14-19)25(31)32-2/h7-14H,3-6,15H2,1-2H3,(H,26,29). The van der Waals surface area contributed by atoms with Gasteiger partial charge >= 0.3 is 5.97 Å². The van der Waals surface area contributed by atoms with Crippen LogP contribution in [0.2, 0.25) is 0 Å². The predicted octanol–water partition coefficient (Wildman–Crippen LogP) is 3.52. The quantitative estimate of drug-likeness (QED) is 0.624. The van der Waals surface area contributed by atoms with E-state index in [2.05, 4.69) is 15.2 Å². The molecule has 0 fully saturated rings. The van der Waals surface area contributed by atoms with Crippen molar-refractivity contribution in [3.8, 4) is 11.3 Å². The van der Waals surface area contributed by atoms with Crippen molar-refractivity contribution in [1.29, 1.82) is 0 Å². The highest BCUT2D eigenvalue weighted by atomic mass is 16.5. The normalized spacial score (nSPS) is 12.7. The summed E-state index contributed by atoms with van der Waals surface area (Å²) in [4.78, 5) is 37.3. The van der Waals surface area contributed by atoms with Crippen LogP contribution >= 0.6 is 0 Å². The number of fused-ring (bicyclic) bond motifs is 1. The molecule has 4 rings (SSSR count). The van der Waals surface area contributed by atoms with Gasteiger partial charge in [0.05, 0.1) is 18.4 Å². The molecule has 1 aliphatic carbocycles. The Balaban J connectivity index is 1.61. The first-order chi connectivity index (χ1) is 15.5. The number of methoxy groups -OCH3 is 1. The van der Waals surface area contributed by atoms with Crippen LogP contribution in [0.25, 0.3) is 11.3 Å². The lowest BCUT2D eigenvalue weighted by molar-refractivity contribution is -0.117. The van der Waals surface area contributed by atoms with Gasteiger partial charge in [-0.05, 0) is 62.4 Å². The van der Waals surface area contributed by atoms with Crippen molar-refractivity contribution in [2.45, 2.75) is 39.2 Å². The van der Waals surface area contributed by atoms with E-state index in [9.17, 15) is 14.4 Å². The second-order valence-corrected chi connectivity index (χ2v) is 7.96. The van der Waals surface area contributed by atoms with Crippen LogP contribution < -0.4 is 10.9 Å². The number of nitrogens with one attached hydrogen (secondary N) is 1. The second-order valence-electron chi connectivity index (χ2n) is 7.96. The molecule has 1 amide bonds. The molecule has 3 aromatic rings. The van der Waals surface area contributed by atoms with E-state index in [1.807, 2.05) is 31.2 Å². The number of nitrogens with zero attached hydrogens (tertiary/aromatic N) is 2. The van der Waals surface area contributed by atoms with Gasteiger partial charge in [-0.15, -0.1) is 0 Å². The molecular formula is C25H25N3O4. The number of aryl methyl sites for hydroxylation is 1. The molecular weight excluding hydrogens is 406 g/mol. The zero-order valence-corrected chi connectivity index (χ0v) is 18.2. The maximum Gasteiger partial charge on any atom is 0.337 e. The van der Waals surface area contributed by atoms with Gasteiger partial charge in [-0.3, -0.25) is 9.59 Å². The first-order valence-corrected chi connectivity index (χ1v) is 10.6. The fourth-order valence-corrected chi connectivity index (χ4v) is 3.98. The Morgan fingerprint density at radius 2 is 1.66 bits per heavy atom. The summed E-state index contributed by atoms with van der Waals surface area (Å²) in [6.07, 6.45) is 3.50. The van der Waals surface area contributed by atoms with Crippen molar-refractivity contribution in [1.82, 2.24) is 9.78 Å². The molecule has 0 spiro atoms. The summed E-state index contributed by atoms with van der Waals surface area (Å²) in [5.41, 5.74) is 5.33. The van der Waals surface area contributed by atoms with Crippen molar-refractivity contribution < 1.29 is 14.3 Å². The average Bonchev–Trinajstić information content (AvgIpc) is 2.81. The van der Waals surface area contributed by atoms with Gasteiger partial charge in [0.1, 0.15) is 6.54 Å². The molecule has 0 aliphatic heterocycles. The molecule has 2 aromatic carbocycles. The molecule has 1 aromatic heterocycles. The van der Waals surface area contributed by atoms with Crippen LogP contribution in [0.3, 0.4) is 0 Å². The van der Waals surface area contributed by atoms with Crippen LogP contribution in [-0.4, -0.2) is 28.8 Å². The second kappa shape index (κ2) is 9.18. The Bertz CT molecular complexity index is 1210. The molecule has 0 saturated carbocycles. The van der Waals surface area contributed by atoms with Crippen molar-refractivity contribution in [2.75, 3.05) is 12.4 Å². The third kappa shape index (κ3) is 4.46. The SMILES string of the molecule is COC(=O)c1ccc(NC(=O)Cn2nc(-c3ccc(C)cc3)c3c(c2=O)CCCC3)cc1. The summed E-state index contributed by atoms with van der Waals surface area (Å²) in [5, 5.41) is 7.36. The van der Waals surface area contributed by atoms with Crippen LogP contribution in [0.1, 0.15) is 39.9 Å². The molecule has 32 heavy (non-hydrogen) atoms. The zero-order valence-electron chi connectivity index (χ0n) is 18.2. The maximum absolute atomic E-state index is 13.1. The number of aromatic nitrogens is 2. The highest BCUT2D eigenvalue weighted by Crippen LogP contribution is 2.28. The zero-order chi connectivity index (χ0) is 22.7. The van der Waals surface area contributed by atoms with E-state index in [4.69, 9.17) is 0 Å². The van der Waals surface area contributed by atoms with Gasteiger partial charge in [-0.2, -0.15) is 5.10 Å². The van der Waals surface area contributed by atoms with Gasteiger partial charge in [-0.1, -0.05) is 29.8 Å². The Morgan fingerprint density at radius 1 is 1.00 bits per heavy atom. The molecule has 0 saturated heterocycles. The number of esters is 1. The molecule has 0 bridgehead atoms. The van der Waals surface area contributed by atoms with Crippen LogP contribution in [0.4, 0.5) is 5.69 Å². The maximum atomic E-state index is 13.1. The molecule has 7 heteroatoms. The molecule has 0 unspecified atom stereocenters.